The average molecular weight is 402 g/mol. The van der Waals surface area contributed by atoms with E-state index in [2.05, 4.69) is 26.8 Å². The highest BCUT2D eigenvalue weighted by Gasteiger charge is 2.54. The third kappa shape index (κ3) is 3.90. The molecule has 0 unspecified atom stereocenters. The molecule has 2 aliphatic rings. The highest BCUT2D eigenvalue weighted by atomic mass is 16.6. The van der Waals surface area contributed by atoms with Crippen LogP contribution < -0.4 is 9.47 Å². The SMILES string of the molecule is COc1cc([C@@H]2OC[C@@]3(COC(C)=O)[C@H](C)C=C(C)[C@H]2[C@@H]3C)ccc1OC(C)=O. The van der Waals surface area contributed by atoms with Crippen molar-refractivity contribution in [1.82, 2.24) is 0 Å². The molecule has 1 aromatic rings. The largest absolute Gasteiger partial charge is 0.493 e. The minimum absolute atomic E-state index is 0.153. The molecule has 29 heavy (non-hydrogen) atoms. The Morgan fingerprint density at radius 1 is 1.17 bits per heavy atom. The summed E-state index contributed by atoms with van der Waals surface area (Å²) in [6, 6.07) is 5.54. The van der Waals surface area contributed by atoms with E-state index in [0.29, 0.717) is 24.7 Å². The molecule has 0 spiro atoms. The highest BCUT2D eigenvalue weighted by molar-refractivity contribution is 5.70. The molecule has 3 rings (SSSR count). The Hall–Kier alpha value is -2.34. The molecule has 0 N–H and O–H groups in total. The van der Waals surface area contributed by atoms with Crippen molar-refractivity contribution >= 4 is 11.9 Å². The van der Waals surface area contributed by atoms with Crippen molar-refractivity contribution in [3.63, 3.8) is 0 Å². The first-order valence-corrected chi connectivity index (χ1v) is 9.99. The molecule has 1 aliphatic heterocycles. The zero-order chi connectivity index (χ0) is 21.3. The molecule has 158 valence electrons. The van der Waals surface area contributed by atoms with Crippen molar-refractivity contribution in [3.05, 3.63) is 35.4 Å². The van der Waals surface area contributed by atoms with Gasteiger partial charge in [-0.05, 0) is 36.5 Å². The van der Waals surface area contributed by atoms with Crippen LogP contribution in [0.5, 0.6) is 11.5 Å². The number of fused-ring (bicyclic) bond motifs is 2. The van der Waals surface area contributed by atoms with Crippen LogP contribution in [0.1, 0.15) is 46.3 Å². The summed E-state index contributed by atoms with van der Waals surface area (Å²) in [7, 11) is 1.55. The minimum Gasteiger partial charge on any atom is -0.493 e. The van der Waals surface area contributed by atoms with Gasteiger partial charge in [-0.1, -0.05) is 31.6 Å². The van der Waals surface area contributed by atoms with Gasteiger partial charge in [-0.15, -0.1) is 0 Å². The molecular formula is C23H30O6. The monoisotopic (exact) mass is 402 g/mol. The Morgan fingerprint density at radius 3 is 2.52 bits per heavy atom. The van der Waals surface area contributed by atoms with Crippen LogP contribution in [0.15, 0.2) is 29.8 Å². The van der Waals surface area contributed by atoms with Crippen molar-refractivity contribution < 1.29 is 28.5 Å². The van der Waals surface area contributed by atoms with Gasteiger partial charge in [0.25, 0.3) is 0 Å². The number of esters is 2. The van der Waals surface area contributed by atoms with E-state index in [1.807, 2.05) is 12.1 Å². The molecule has 1 heterocycles. The standard InChI is InChI=1S/C23H30O6/c1-13-9-14(2)23(11-27-16(4)24)12-28-22(21(13)15(23)3)18-7-8-19(29-17(5)25)20(10-18)26-6/h7-10,14-15,21-22H,11-12H2,1-6H3/t14-,15+,21+,22+,23+/m1/s1. The number of hydrogen-bond acceptors (Lipinski definition) is 6. The lowest BCUT2D eigenvalue weighted by atomic mass is 9.56. The van der Waals surface area contributed by atoms with Crippen LogP contribution in [0.4, 0.5) is 0 Å². The van der Waals surface area contributed by atoms with Gasteiger partial charge in [0.15, 0.2) is 11.5 Å². The van der Waals surface area contributed by atoms with Crippen LogP contribution in [0, 0.1) is 23.2 Å². The molecule has 0 amide bonds. The van der Waals surface area contributed by atoms with Crippen molar-refractivity contribution in [3.8, 4) is 11.5 Å². The fraction of sp³-hybridized carbons (Fsp3) is 0.565. The van der Waals surface area contributed by atoms with Gasteiger partial charge in [-0.2, -0.15) is 0 Å². The molecule has 0 radical (unpaired) electrons. The molecule has 2 bridgehead atoms. The van der Waals surface area contributed by atoms with Gasteiger partial charge >= 0.3 is 11.9 Å². The molecule has 1 saturated heterocycles. The first kappa shape index (κ1) is 21.4. The first-order chi connectivity index (χ1) is 13.7. The molecule has 1 fully saturated rings. The summed E-state index contributed by atoms with van der Waals surface area (Å²) >= 11 is 0. The van der Waals surface area contributed by atoms with Gasteiger partial charge in [-0.25, -0.2) is 0 Å². The van der Waals surface area contributed by atoms with E-state index >= 15 is 0 Å². The molecule has 0 saturated carbocycles. The zero-order valence-corrected chi connectivity index (χ0v) is 18.0. The molecular weight excluding hydrogens is 372 g/mol. The summed E-state index contributed by atoms with van der Waals surface area (Å²) in [6.07, 6.45) is 2.13. The zero-order valence-electron chi connectivity index (χ0n) is 18.0. The number of carbonyl (C=O) groups excluding carboxylic acids is 2. The predicted molar refractivity (Wildman–Crippen MR) is 108 cm³/mol. The van der Waals surface area contributed by atoms with E-state index in [9.17, 15) is 9.59 Å². The Morgan fingerprint density at radius 2 is 1.90 bits per heavy atom. The van der Waals surface area contributed by atoms with E-state index in [-0.39, 0.29) is 35.2 Å². The number of ether oxygens (including phenoxy) is 4. The maximum atomic E-state index is 11.5. The van der Waals surface area contributed by atoms with Crippen LogP contribution >= 0.6 is 0 Å². The number of methoxy groups -OCH3 is 1. The lowest BCUT2D eigenvalue weighted by molar-refractivity contribution is -0.180. The van der Waals surface area contributed by atoms with Gasteiger partial charge in [0.1, 0.15) is 0 Å². The minimum atomic E-state index is -0.395. The van der Waals surface area contributed by atoms with Crippen molar-refractivity contribution in [1.29, 1.82) is 0 Å². The third-order valence-corrected chi connectivity index (χ3v) is 6.56. The summed E-state index contributed by atoms with van der Waals surface area (Å²) in [5, 5.41) is 0. The van der Waals surface area contributed by atoms with Crippen LogP contribution in [0.3, 0.4) is 0 Å². The van der Waals surface area contributed by atoms with Crippen molar-refractivity contribution in [2.75, 3.05) is 20.3 Å². The number of rotatable bonds is 5. The van der Waals surface area contributed by atoms with E-state index in [0.717, 1.165) is 5.56 Å². The second-order valence-corrected chi connectivity index (χ2v) is 8.26. The predicted octanol–water partition coefficient (Wildman–Crippen LogP) is 4.09. The van der Waals surface area contributed by atoms with Gasteiger partial charge < -0.3 is 18.9 Å². The molecule has 1 aliphatic carbocycles. The second-order valence-electron chi connectivity index (χ2n) is 8.26. The summed E-state index contributed by atoms with van der Waals surface area (Å²) in [6.45, 7) is 10.2. The van der Waals surface area contributed by atoms with Gasteiger partial charge in [-0.3, -0.25) is 9.59 Å². The van der Waals surface area contributed by atoms with Crippen molar-refractivity contribution in [2.24, 2.45) is 23.2 Å². The summed E-state index contributed by atoms with van der Waals surface area (Å²) in [5.74, 6) is 0.885. The molecule has 0 aromatic heterocycles. The quantitative estimate of drug-likeness (QED) is 0.420. The fourth-order valence-corrected chi connectivity index (χ4v) is 4.89. The van der Waals surface area contributed by atoms with Gasteiger partial charge in [0.05, 0.1) is 26.4 Å². The van der Waals surface area contributed by atoms with Crippen LogP contribution in [-0.4, -0.2) is 32.3 Å². The number of benzene rings is 1. The Kier molecular flexibility index (Phi) is 6.03. The van der Waals surface area contributed by atoms with Crippen LogP contribution in [0.25, 0.3) is 0 Å². The maximum Gasteiger partial charge on any atom is 0.308 e. The number of carbonyl (C=O) groups is 2. The summed E-state index contributed by atoms with van der Waals surface area (Å²) in [5.41, 5.74) is 2.00. The molecule has 1 aromatic carbocycles. The smallest absolute Gasteiger partial charge is 0.308 e. The highest BCUT2D eigenvalue weighted by Crippen LogP contribution is 2.56. The maximum absolute atomic E-state index is 11.5. The van der Waals surface area contributed by atoms with E-state index in [1.165, 1.54) is 19.4 Å². The summed E-state index contributed by atoms with van der Waals surface area (Å²) in [4.78, 5) is 22.8. The van der Waals surface area contributed by atoms with E-state index in [4.69, 9.17) is 18.9 Å². The van der Waals surface area contributed by atoms with Crippen molar-refractivity contribution in [2.45, 2.75) is 40.7 Å². The summed E-state index contributed by atoms with van der Waals surface area (Å²) < 4.78 is 22.5. The average Bonchev–Trinajstić information content (AvgIpc) is 2.65. The Labute approximate surface area is 172 Å². The Bertz CT molecular complexity index is 829. The topological polar surface area (TPSA) is 71.1 Å². The lowest BCUT2D eigenvalue weighted by Crippen LogP contribution is -2.54. The second kappa shape index (κ2) is 8.19. The third-order valence-electron chi connectivity index (χ3n) is 6.56. The fourth-order valence-electron chi connectivity index (χ4n) is 4.89. The first-order valence-electron chi connectivity index (χ1n) is 9.99. The van der Waals surface area contributed by atoms with E-state index < -0.39 is 5.97 Å². The lowest BCUT2D eigenvalue weighted by Gasteiger charge is -2.55. The number of allylic oxidation sites excluding steroid dienone is 1. The van der Waals surface area contributed by atoms with Crippen LogP contribution in [-0.2, 0) is 19.1 Å². The molecule has 6 heteroatoms. The van der Waals surface area contributed by atoms with Gasteiger partial charge in [0, 0.05) is 25.2 Å². The van der Waals surface area contributed by atoms with E-state index in [1.54, 1.807) is 13.2 Å². The molecule has 6 nitrogen and oxygen atoms in total. The normalized spacial score (nSPS) is 30.9. The Balaban J connectivity index is 1.95. The number of hydrogen-bond donors (Lipinski definition) is 0. The molecule has 5 atom stereocenters. The van der Waals surface area contributed by atoms with Crippen LogP contribution in [0.2, 0.25) is 0 Å². The van der Waals surface area contributed by atoms with Gasteiger partial charge in [0.2, 0.25) is 0 Å².